The summed E-state index contributed by atoms with van der Waals surface area (Å²) in [6, 6.07) is 5.18. The number of pyridine rings is 1. The molecule has 1 heterocycles. The van der Waals surface area contributed by atoms with Crippen molar-refractivity contribution in [2.75, 3.05) is 5.32 Å². The Morgan fingerprint density at radius 2 is 2.06 bits per heavy atom. The maximum Gasteiger partial charge on any atom is 0.270 e. The van der Waals surface area contributed by atoms with E-state index in [1.807, 2.05) is 0 Å². The number of fused-ring (bicyclic) bond motifs is 1. The third kappa shape index (κ3) is 2.46. The van der Waals surface area contributed by atoms with E-state index in [-0.39, 0.29) is 11.6 Å². The van der Waals surface area contributed by atoms with Crippen molar-refractivity contribution < 1.29 is 14.0 Å². The van der Waals surface area contributed by atoms with Gasteiger partial charge in [-0.2, -0.15) is 0 Å². The molecule has 0 saturated carbocycles. The maximum atomic E-state index is 13.2. The molecule has 0 saturated heterocycles. The predicted octanol–water partition coefficient (Wildman–Crippen LogP) is 2.71. The van der Waals surface area contributed by atoms with Gasteiger partial charge in [-0.1, -0.05) is 0 Å². The van der Waals surface area contributed by atoms with Crippen molar-refractivity contribution in [2.45, 2.75) is 6.92 Å². The molecule has 2 aromatic rings. The first-order chi connectivity index (χ1) is 8.47. The normalized spacial score (nSPS) is 10.4. The van der Waals surface area contributed by atoms with E-state index in [2.05, 4.69) is 10.3 Å². The van der Waals surface area contributed by atoms with E-state index in [0.717, 1.165) is 0 Å². The first kappa shape index (κ1) is 12.4. The number of amides is 1. The molecule has 1 N–H and O–H groups in total. The Balaban J connectivity index is 2.72. The number of rotatable bonds is 2. The van der Waals surface area contributed by atoms with E-state index >= 15 is 0 Å². The van der Waals surface area contributed by atoms with Crippen LogP contribution in [0.25, 0.3) is 10.9 Å². The molecule has 18 heavy (non-hydrogen) atoms. The zero-order valence-corrected chi connectivity index (χ0v) is 10.1. The third-order valence-electron chi connectivity index (χ3n) is 2.28. The lowest BCUT2D eigenvalue weighted by atomic mass is 10.1. The van der Waals surface area contributed by atoms with Gasteiger partial charge in [0.15, 0.2) is 0 Å². The van der Waals surface area contributed by atoms with E-state index in [9.17, 15) is 14.0 Å². The average molecular weight is 267 g/mol. The molecule has 2 rings (SSSR count). The van der Waals surface area contributed by atoms with Gasteiger partial charge in [-0.3, -0.25) is 9.59 Å². The Kier molecular flexibility index (Phi) is 3.25. The van der Waals surface area contributed by atoms with Gasteiger partial charge in [0.1, 0.15) is 11.5 Å². The van der Waals surface area contributed by atoms with Crippen molar-refractivity contribution >= 4 is 39.3 Å². The summed E-state index contributed by atoms with van der Waals surface area (Å²) in [5.41, 5.74) is 0.683. The Morgan fingerprint density at radius 1 is 1.33 bits per heavy atom. The lowest BCUT2D eigenvalue weighted by molar-refractivity contribution is -0.114. The van der Waals surface area contributed by atoms with Gasteiger partial charge in [-0.25, -0.2) is 9.37 Å². The maximum absolute atomic E-state index is 13.2. The molecule has 0 spiro atoms. The van der Waals surface area contributed by atoms with Crippen LogP contribution in [0.15, 0.2) is 24.3 Å². The van der Waals surface area contributed by atoms with Gasteiger partial charge in [-0.05, 0) is 35.9 Å². The van der Waals surface area contributed by atoms with Crippen LogP contribution in [0.1, 0.15) is 17.4 Å². The standard InChI is InChI=1S/C12H8ClFN2O2/c1-6(17)15-10-5-11(12(13)18)16-9-3-2-7(14)4-8(9)10/h2-5H,1H3,(H,15,16,17). The van der Waals surface area contributed by atoms with Gasteiger partial charge in [0.05, 0.1) is 11.2 Å². The van der Waals surface area contributed by atoms with E-state index in [1.165, 1.54) is 31.2 Å². The minimum atomic E-state index is -0.743. The molecule has 0 aliphatic rings. The van der Waals surface area contributed by atoms with Gasteiger partial charge in [0, 0.05) is 12.3 Å². The number of hydrogen-bond acceptors (Lipinski definition) is 3. The highest BCUT2D eigenvalue weighted by Crippen LogP contribution is 2.24. The number of halogens is 2. The number of nitrogens with one attached hydrogen (secondary N) is 1. The van der Waals surface area contributed by atoms with Crippen LogP contribution in [0.2, 0.25) is 0 Å². The number of aromatic nitrogens is 1. The zero-order chi connectivity index (χ0) is 13.3. The second-order valence-electron chi connectivity index (χ2n) is 3.67. The van der Waals surface area contributed by atoms with Gasteiger partial charge < -0.3 is 5.32 Å². The van der Waals surface area contributed by atoms with Gasteiger partial charge >= 0.3 is 0 Å². The summed E-state index contributed by atoms with van der Waals surface area (Å²) in [6.07, 6.45) is 0. The lowest BCUT2D eigenvalue weighted by Gasteiger charge is -2.08. The van der Waals surface area contributed by atoms with Gasteiger partial charge in [0.25, 0.3) is 5.24 Å². The second-order valence-corrected chi connectivity index (χ2v) is 4.01. The van der Waals surface area contributed by atoms with Crippen molar-refractivity contribution in [1.82, 2.24) is 4.98 Å². The quantitative estimate of drug-likeness (QED) is 0.850. The molecule has 0 fully saturated rings. The fourth-order valence-corrected chi connectivity index (χ4v) is 1.69. The topological polar surface area (TPSA) is 59.1 Å². The molecular formula is C12H8ClFN2O2. The highest BCUT2D eigenvalue weighted by Gasteiger charge is 2.11. The molecule has 0 unspecified atom stereocenters. The monoisotopic (exact) mass is 266 g/mol. The highest BCUT2D eigenvalue weighted by molar-refractivity contribution is 6.67. The molecule has 1 aromatic carbocycles. The summed E-state index contributed by atoms with van der Waals surface area (Å²) in [4.78, 5) is 26.2. The highest BCUT2D eigenvalue weighted by atomic mass is 35.5. The zero-order valence-electron chi connectivity index (χ0n) is 9.33. The summed E-state index contributed by atoms with van der Waals surface area (Å²) in [5.74, 6) is -0.791. The number of hydrogen-bond donors (Lipinski definition) is 1. The summed E-state index contributed by atoms with van der Waals surface area (Å²) in [5, 5.41) is 2.18. The van der Waals surface area contributed by atoms with Crippen molar-refractivity contribution in [1.29, 1.82) is 0 Å². The second kappa shape index (κ2) is 4.70. The minimum Gasteiger partial charge on any atom is -0.326 e. The summed E-state index contributed by atoms with van der Waals surface area (Å²) in [7, 11) is 0. The van der Waals surface area contributed by atoms with E-state index in [4.69, 9.17) is 11.6 Å². The van der Waals surface area contributed by atoms with Crippen LogP contribution in [0.4, 0.5) is 10.1 Å². The van der Waals surface area contributed by atoms with Crippen molar-refractivity contribution in [3.8, 4) is 0 Å². The molecule has 1 aromatic heterocycles. The smallest absolute Gasteiger partial charge is 0.270 e. The van der Waals surface area contributed by atoms with Crippen LogP contribution < -0.4 is 5.32 Å². The Hall–Kier alpha value is -2.01. The summed E-state index contributed by atoms with van der Waals surface area (Å²) < 4.78 is 13.2. The Bertz CT molecular complexity index is 658. The number of nitrogens with zero attached hydrogens (tertiary/aromatic N) is 1. The largest absolute Gasteiger partial charge is 0.326 e. The lowest BCUT2D eigenvalue weighted by Crippen LogP contribution is -2.08. The van der Waals surface area contributed by atoms with Crippen LogP contribution in [0.5, 0.6) is 0 Å². The first-order valence-electron chi connectivity index (χ1n) is 5.05. The molecule has 1 amide bonds. The molecule has 0 atom stereocenters. The Labute approximate surface area is 107 Å². The Morgan fingerprint density at radius 3 is 2.67 bits per heavy atom. The SMILES string of the molecule is CC(=O)Nc1cc(C(=O)Cl)nc2ccc(F)cc12. The van der Waals surface area contributed by atoms with Crippen LogP contribution >= 0.6 is 11.6 Å². The molecule has 4 nitrogen and oxygen atoms in total. The summed E-state index contributed by atoms with van der Waals surface area (Å²) in [6.45, 7) is 1.31. The molecule has 0 bridgehead atoms. The molecule has 0 aliphatic heterocycles. The number of benzene rings is 1. The molecular weight excluding hydrogens is 259 g/mol. The first-order valence-corrected chi connectivity index (χ1v) is 5.43. The van der Waals surface area contributed by atoms with E-state index in [0.29, 0.717) is 16.6 Å². The minimum absolute atomic E-state index is 0.000440. The fourth-order valence-electron chi connectivity index (χ4n) is 1.59. The van der Waals surface area contributed by atoms with Gasteiger partial charge in [-0.15, -0.1) is 0 Å². The number of carbonyl (C=O) groups is 2. The van der Waals surface area contributed by atoms with Crippen LogP contribution in [-0.2, 0) is 4.79 Å². The van der Waals surface area contributed by atoms with Crippen molar-refractivity contribution in [3.63, 3.8) is 0 Å². The predicted molar refractivity (Wildman–Crippen MR) is 66.2 cm³/mol. The van der Waals surface area contributed by atoms with Crippen LogP contribution in [0.3, 0.4) is 0 Å². The molecule has 6 heteroatoms. The van der Waals surface area contributed by atoms with Crippen LogP contribution in [-0.4, -0.2) is 16.1 Å². The molecule has 92 valence electrons. The average Bonchev–Trinajstić information content (AvgIpc) is 2.28. The third-order valence-corrected chi connectivity index (χ3v) is 2.48. The summed E-state index contributed by atoms with van der Waals surface area (Å²) >= 11 is 5.36. The number of carbonyl (C=O) groups excluding carboxylic acids is 2. The van der Waals surface area contributed by atoms with Gasteiger partial charge in [0.2, 0.25) is 5.91 Å². The van der Waals surface area contributed by atoms with Crippen molar-refractivity contribution in [2.24, 2.45) is 0 Å². The fraction of sp³-hybridized carbons (Fsp3) is 0.0833. The molecule has 0 radical (unpaired) electrons. The van der Waals surface area contributed by atoms with E-state index in [1.54, 1.807) is 0 Å². The van der Waals surface area contributed by atoms with Crippen molar-refractivity contribution in [3.05, 3.63) is 35.8 Å². The number of anilines is 1. The van der Waals surface area contributed by atoms with Crippen LogP contribution in [0, 0.1) is 5.82 Å². The molecule has 0 aliphatic carbocycles. The van der Waals surface area contributed by atoms with E-state index < -0.39 is 11.1 Å².